The molecular weight excluding hydrogens is 466 g/mol. The van der Waals surface area contributed by atoms with Crippen LogP contribution in [0.3, 0.4) is 0 Å². The first kappa shape index (κ1) is 21.8. The summed E-state index contributed by atoms with van der Waals surface area (Å²) >= 11 is 1.41. The largest absolute Gasteiger partial charge is 0.493 e. The van der Waals surface area contributed by atoms with Gasteiger partial charge in [0.25, 0.3) is 11.8 Å². The van der Waals surface area contributed by atoms with Crippen LogP contribution in [0.1, 0.15) is 39.3 Å². The summed E-state index contributed by atoms with van der Waals surface area (Å²) in [5, 5.41) is 8.18. The Balaban J connectivity index is 1.13. The fourth-order valence-electron chi connectivity index (χ4n) is 4.33. The Kier molecular flexibility index (Phi) is 5.67. The summed E-state index contributed by atoms with van der Waals surface area (Å²) in [5.74, 6) is 0.684. The molecule has 4 aromatic rings. The van der Waals surface area contributed by atoms with Gasteiger partial charge >= 0.3 is 0 Å². The molecule has 2 aliphatic rings. The first-order valence-electron chi connectivity index (χ1n) is 11.5. The van der Waals surface area contributed by atoms with Gasteiger partial charge in [0.2, 0.25) is 5.95 Å². The van der Waals surface area contributed by atoms with Gasteiger partial charge in [-0.05, 0) is 54.8 Å². The Labute approximate surface area is 204 Å². The summed E-state index contributed by atoms with van der Waals surface area (Å²) in [6, 6.07) is 11.2. The number of rotatable bonds is 6. The molecule has 2 aromatic carbocycles. The second-order valence-corrected chi connectivity index (χ2v) is 9.43. The number of fused-ring (bicyclic) bond motifs is 2. The molecule has 0 bridgehead atoms. The highest BCUT2D eigenvalue weighted by molar-refractivity contribution is 7.13. The summed E-state index contributed by atoms with van der Waals surface area (Å²) < 4.78 is 11.1. The number of aromatic amines is 1. The van der Waals surface area contributed by atoms with E-state index in [-0.39, 0.29) is 17.9 Å². The molecule has 178 valence electrons. The minimum Gasteiger partial charge on any atom is -0.493 e. The maximum Gasteiger partial charge on any atom is 0.277 e. The van der Waals surface area contributed by atoms with Gasteiger partial charge in [-0.15, -0.1) is 11.3 Å². The normalized spacial score (nSPS) is 16.7. The number of carbonyl (C=O) groups is 2. The number of benzene rings is 2. The predicted octanol–water partition coefficient (Wildman–Crippen LogP) is 3.78. The van der Waals surface area contributed by atoms with E-state index in [0.29, 0.717) is 41.4 Å². The van der Waals surface area contributed by atoms with Crippen LogP contribution < -0.4 is 15.4 Å². The lowest BCUT2D eigenvalue weighted by molar-refractivity contribution is 0.0857. The van der Waals surface area contributed by atoms with Crippen molar-refractivity contribution in [3.05, 3.63) is 58.6 Å². The van der Waals surface area contributed by atoms with Crippen molar-refractivity contribution in [3.8, 4) is 16.3 Å². The third-order valence-corrected chi connectivity index (χ3v) is 7.05. The second-order valence-electron chi connectivity index (χ2n) is 8.58. The average Bonchev–Trinajstić information content (AvgIpc) is 3.67. The SMILES string of the molecule is O=C(NCC1CCCO1)c1ccc2nc(NC(=O)c3csc(-c4ccc5c(c4)CCO5)n3)[nH]c2c1. The number of hydrogen-bond acceptors (Lipinski definition) is 7. The summed E-state index contributed by atoms with van der Waals surface area (Å²) in [6.45, 7) is 1.94. The van der Waals surface area contributed by atoms with Gasteiger partial charge < -0.3 is 19.8 Å². The van der Waals surface area contributed by atoms with Gasteiger partial charge in [-0.3, -0.25) is 14.9 Å². The number of carbonyl (C=O) groups excluding carboxylic acids is 2. The van der Waals surface area contributed by atoms with Crippen molar-refractivity contribution in [3.63, 3.8) is 0 Å². The van der Waals surface area contributed by atoms with Crippen molar-refractivity contribution in [1.29, 1.82) is 0 Å². The van der Waals surface area contributed by atoms with Crippen molar-refractivity contribution >= 4 is 40.1 Å². The molecule has 1 saturated heterocycles. The van der Waals surface area contributed by atoms with Crippen LogP contribution in [0.2, 0.25) is 0 Å². The van der Waals surface area contributed by atoms with Crippen LogP contribution in [0.5, 0.6) is 5.75 Å². The van der Waals surface area contributed by atoms with Crippen molar-refractivity contribution in [2.75, 3.05) is 25.1 Å². The van der Waals surface area contributed by atoms with E-state index in [2.05, 4.69) is 31.7 Å². The van der Waals surface area contributed by atoms with E-state index < -0.39 is 0 Å². The number of ether oxygens (including phenoxy) is 2. The van der Waals surface area contributed by atoms with E-state index in [4.69, 9.17) is 9.47 Å². The topological polar surface area (TPSA) is 118 Å². The van der Waals surface area contributed by atoms with Gasteiger partial charge in [-0.1, -0.05) is 0 Å². The number of imidazole rings is 1. The van der Waals surface area contributed by atoms with Gasteiger partial charge in [0.15, 0.2) is 0 Å². The molecule has 0 aliphatic carbocycles. The first-order chi connectivity index (χ1) is 17.1. The Morgan fingerprint density at radius 1 is 1.11 bits per heavy atom. The Morgan fingerprint density at radius 3 is 2.94 bits per heavy atom. The zero-order valence-electron chi connectivity index (χ0n) is 18.8. The summed E-state index contributed by atoms with van der Waals surface area (Å²) in [4.78, 5) is 37.3. The molecule has 0 radical (unpaired) electrons. The van der Waals surface area contributed by atoms with Gasteiger partial charge in [-0.2, -0.15) is 0 Å². The predicted molar refractivity (Wildman–Crippen MR) is 132 cm³/mol. The Bertz CT molecular complexity index is 1420. The highest BCUT2D eigenvalue weighted by Gasteiger charge is 2.19. The van der Waals surface area contributed by atoms with Crippen LogP contribution in [-0.2, 0) is 11.2 Å². The second kappa shape index (κ2) is 9.12. The molecule has 6 rings (SSSR count). The molecule has 9 nitrogen and oxygen atoms in total. The fraction of sp³-hybridized carbons (Fsp3) is 0.280. The molecule has 1 atom stereocenters. The number of H-pyrrole nitrogens is 1. The fourth-order valence-corrected chi connectivity index (χ4v) is 5.12. The van der Waals surface area contributed by atoms with Gasteiger partial charge in [0.05, 0.1) is 23.7 Å². The van der Waals surface area contributed by atoms with E-state index in [1.54, 1.807) is 23.6 Å². The standard InChI is InChI=1S/C25H23N5O4S/c31-22(26-12-17-2-1-8-33-17)15-3-5-18-19(11-15)29-25(28-18)30-23(32)20-13-35-24(27-20)16-4-6-21-14(10-16)7-9-34-21/h3-6,10-11,13,17H,1-2,7-9,12H2,(H,26,31)(H2,28,29,30,32). The number of nitrogens with one attached hydrogen (secondary N) is 3. The molecule has 2 amide bonds. The number of hydrogen-bond donors (Lipinski definition) is 3. The molecule has 3 N–H and O–H groups in total. The Morgan fingerprint density at radius 2 is 2.06 bits per heavy atom. The third-order valence-electron chi connectivity index (χ3n) is 6.16. The number of thiazole rings is 1. The maximum absolute atomic E-state index is 12.8. The minimum atomic E-state index is -0.356. The molecule has 2 aliphatic heterocycles. The molecule has 1 unspecified atom stereocenters. The van der Waals surface area contributed by atoms with Crippen molar-refractivity contribution in [1.82, 2.24) is 20.3 Å². The van der Waals surface area contributed by atoms with Gasteiger partial charge in [0.1, 0.15) is 16.5 Å². The summed E-state index contributed by atoms with van der Waals surface area (Å²) in [5.41, 5.74) is 4.26. The van der Waals surface area contributed by atoms with Crippen molar-refractivity contribution in [2.24, 2.45) is 0 Å². The lowest BCUT2D eigenvalue weighted by atomic mass is 10.1. The quantitative estimate of drug-likeness (QED) is 0.379. The van der Waals surface area contributed by atoms with E-state index in [1.807, 2.05) is 12.1 Å². The van der Waals surface area contributed by atoms with Gasteiger partial charge in [0, 0.05) is 36.1 Å². The van der Waals surface area contributed by atoms with Crippen LogP contribution in [0, 0.1) is 0 Å². The number of aromatic nitrogens is 3. The Hall–Kier alpha value is -3.76. The third kappa shape index (κ3) is 4.50. The van der Waals surface area contributed by atoms with Crippen molar-refractivity contribution < 1.29 is 19.1 Å². The molecule has 10 heteroatoms. The highest BCUT2D eigenvalue weighted by atomic mass is 32.1. The zero-order chi connectivity index (χ0) is 23.8. The van der Waals surface area contributed by atoms with Crippen LogP contribution in [0.15, 0.2) is 41.8 Å². The number of anilines is 1. The molecule has 4 heterocycles. The molecular formula is C25H23N5O4S. The van der Waals surface area contributed by atoms with E-state index in [9.17, 15) is 9.59 Å². The number of nitrogens with zero attached hydrogens (tertiary/aromatic N) is 2. The van der Waals surface area contributed by atoms with Crippen LogP contribution in [-0.4, -0.2) is 52.6 Å². The lowest BCUT2D eigenvalue weighted by Gasteiger charge is -2.10. The van der Waals surface area contributed by atoms with E-state index >= 15 is 0 Å². The van der Waals surface area contributed by atoms with E-state index in [1.165, 1.54) is 11.3 Å². The monoisotopic (exact) mass is 489 g/mol. The van der Waals surface area contributed by atoms with Gasteiger partial charge in [-0.25, -0.2) is 9.97 Å². The summed E-state index contributed by atoms with van der Waals surface area (Å²) in [7, 11) is 0. The smallest absolute Gasteiger partial charge is 0.277 e. The first-order valence-corrected chi connectivity index (χ1v) is 12.4. The number of amides is 2. The lowest BCUT2D eigenvalue weighted by Crippen LogP contribution is -2.31. The zero-order valence-corrected chi connectivity index (χ0v) is 19.6. The molecule has 0 spiro atoms. The summed E-state index contributed by atoms with van der Waals surface area (Å²) in [6.07, 6.45) is 2.96. The van der Waals surface area contributed by atoms with Crippen LogP contribution in [0.25, 0.3) is 21.6 Å². The van der Waals surface area contributed by atoms with Crippen LogP contribution >= 0.6 is 11.3 Å². The molecule has 0 saturated carbocycles. The van der Waals surface area contributed by atoms with E-state index in [0.717, 1.165) is 47.8 Å². The average molecular weight is 490 g/mol. The molecule has 35 heavy (non-hydrogen) atoms. The molecule has 1 fully saturated rings. The maximum atomic E-state index is 12.8. The highest BCUT2D eigenvalue weighted by Crippen LogP contribution is 2.32. The molecule has 2 aromatic heterocycles. The minimum absolute atomic E-state index is 0.0830. The van der Waals surface area contributed by atoms with Crippen LogP contribution in [0.4, 0.5) is 5.95 Å². The van der Waals surface area contributed by atoms with Crippen molar-refractivity contribution in [2.45, 2.75) is 25.4 Å².